The Kier molecular flexibility index (Phi) is 5.51. The largest absolute Gasteiger partial charge is 0.416 e. The van der Waals surface area contributed by atoms with Gasteiger partial charge in [-0.3, -0.25) is 4.98 Å². The van der Waals surface area contributed by atoms with Crippen LogP contribution in [-0.2, 0) is 17.5 Å². The summed E-state index contributed by atoms with van der Waals surface area (Å²) in [6.45, 7) is 2.13. The van der Waals surface area contributed by atoms with E-state index in [4.69, 9.17) is 4.74 Å². The molecule has 0 amide bonds. The number of hydrogen-bond donors (Lipinski definition) is 1. The summed E-state index contributed by atoms with van der Waals surface area (Å²) >= 11 is 0. The molecule has 31 heavy (non-hydrogen) atoms. The van der Waals surface area contributed by atoms with Crippen LogP contribution in [0.2, 0.25) is 0 Å². The molecule has 6 nitrogen and oxygen atoms in total. The van der Waals surface area contributed by atoms with E-state index < -0.39 is 11.7 Å². The third-order valence-corrected chi connectivity index (χ3v) is 4.61. The van der Waals surface area contributed by atoms with E-state index in [0.29, 0.717) is 28.4 Å². The monoisotopic (exact) mass is 425 g/mol. The van der Waals surface area contributed by atoms with Gasteiger partial charge in [-0.15, -0.1) is 0 Å². The smallest absolute Gasteiger partial charge is 0.377 e. The quantitative estimate of drug-likeness (QED) is 0.468. The highest BCUT2D eigenvalue weighted by Crippen LogP contribution is 2.31. The summed E-state index contributed by atoms with van der Waals surface area (Å²) in [5.74, 6) is 0.794. The molecule has 4 rings (SSSR count). The molecule has 4 aromatic rings. The Balaban J connectivity index is 1.76. The van der Waals surface area contributed by atoms with Crippen LogP contribution in [0, 0.1) is 6.92 Å². The van der Waals surface area contributed by atoms with E-state index in [-0.39, 0.29) is 6.61 Å². The number of aromatic nitrogens is 4. The van der Waals surface area contributed by atoms with Crippen LogP contribution in [0.5, 0.6) is 0 Å². The van der Waals surface area contributed by atoms with Gasteiger partial charge in [-0.2, -0.15) is 13.2 Å². The molecule has 1 aromatic carbocycles. The maximum Gasteiger partial charge on any atom is 0.416 e. The van der Waals surface area contributed by atoms with Gasteiger partial charge in [0, 0.05) is 30.8 Å². The number of ether oxygens (including phenoxy) is 1. The van der Waals surface area contributed by atoms with Crippen molar-refractivity contribution in [2.45, 2.75) is 19.7 Å². The summed E-state index contributed by atoms with van der Waals surface area (Å²) in [6.07, 6.45) is -1.01. The molecule has 0 aliphatic carbocycles. The number of nitrogens with one attached hydrogen (secondary N) is 1. The molecule has 0 atom stereocenters. The van der Waals surface area contributed by atoms with Crippen LogP contribution in [0.4, 0.5) is 24.7 Å². The molecule has 0 saturated heterocycles. The summed E-state index contributed by atoms with van der Waals surface area (Å²) in [5.41, 5.74) is 3.37. The van der Waals surface area contributed by atoms with Gasteiger partial charge in [0.1, 0.15) is 12.1 Å². The Labute approximate surface area is 176 Å². The third-order valence-electron chi connectivity index (χ3n) is 4.61. The zero-order valence-corrected chi connectivity index (χ0v) is 16.7. The van der Waals surface area contributed by atoms with Gasteiger partial charge < -0.3 is 10.1 Å². The molecular weight excluding hydrogens is 407 g/mol. The Hall–Kier alpha value is -3.59. The van der Waals surface area contributed by atoms with Crippen molar-refractivity contribution >= 4 is 22.5 Å². The van der Waals surface area contributed by atoms with Gasteiger partial charge in [-0.25, -0.2) is 15.0 Å². The predicted octanol–water partition coefficient (Wildman–Crippen LogP) is 5.30. The van der Waals surface area contributed by atoms with E-state index in [0.717, 1.165) is 29.0 Å². The first-order chi connectivity index (χ1) is 14.8. The topological polar surface area (TPSA) is 72.8 Å². The molecule has 0 spiro atoms. The molecular formula is C22H18F3N5O. The van der Waals surface area contributed by atoms with Crippen molar-refractivity contribution in [3.8, 4) is 11.3 Å². The number of anilines is 2. The number of nitrogens with zero attached hydrogens (tertiary/aromatic N) is 4. The Bertz CT molecular complexity index is 1230. The van der Waals surface area contributed by atoms with Gasteiger partial charge in [0.05, 0.1) is 16.8 Å². The molecule has 0 bridgehead atoms. The van der Waals surface area contributed by atoms with Crippen molar-refractivity contribution in [1.82, 2.24) is 19.9 Å². The SMILES string of the molecule is COCc1nc(Nc2ccc(C(F)(F)F)cc2)c2ncc(-c3ncccc3C)cc2n1. The van der Waals surface area contributed by atoms with Crippen LogP contribution in [0.3, 0.4) is 0 Å². The lowest BCUT2D eigenvalue weighted by Crippen LogP contribution is -2.06. The number of benzene rings is 1. The lowest BCUT2D eigenvalue weighted by atomic mass is 10.1. The summed E-state index contributed by atoms with van der Waals surface area (Å²) in [6, 6.07) is 10.4. The predicted molar refractivity (Wildman–Crippen MR) is 111 cm³/mol. The van der Waals surface area contributed by atoms with Crippen LogP contribution in [0.1, 0.15) is 17.0 Å². The number of halogens is 3. The summed E-state index contributed by atoms with van der Waals surface area (Å²) in [7, 11) is 1.53. The van der Waals surface area contributed by atoms with Gasteiger partial charge in [-0.1, -0.05) is 6.07 Å². The molecule has 3 heterocycles. The Morgan fingerprint density at radius 3 is 2.48 bits per heavy atom. The highest BCUT2D eigenvalue weighted by atomic mass is 19.4. The minimum atomic E-state index is -4.40. The number of rotatable bonds is 5. The lowest BCUT2D eigenvalue weighted by Gasteiger charge is -2.12. The lowest BCUT2D eigenvalue weighted by molar-refractivity contribution is -0.137. The maximum atomic E-state index is 12.8. The van der Waals surface area contributed by atoms with E-state index in [2.05, 4.69) is 25.3 Å². The van der Waals surface area contributed by atoms with Crippen molar-refractivity contribution in [3.63, 3.8) is 0 Å². The van der Waals surface area contributed by atoms with Crippen molar-refractivity contribution in [1.29, 1.82) is 0 Å². The summed E-state index contributed by atoms with van der Waals surface area (Å²) < 4.78 is 43.6. The fourth-order valence-corrected chi connectivity index (χ4v) is 3.14. The molecule has 0 fully saturated rings. The first-order valence-corrected chi connectivity index (χ1v) is 9.37. The molecule has 3 aromatic heterocycles. The number of methoxy groups -OCH3 is 1. The Morgan fingerprint density at radius 2 is 1.81 bits per heavy atom. The van der Waals surface area contributed by atoms with Crippen molar-refractivity contribution in [2.75, 3.05) is 12.4 Å². The van der Waals surface area contributed by atoms with Crippen molar-refractivity contribution in [2.24, 2.45) is 0 Å². The number of hydrogen-bond acceptors (Lipinski definition) is 6. The van der Waals surface area contributed by atoms with Crippen molar-refractivity contribution in [3.05, 3.63) is 71.8 Å². The van der Waals surface area contributed by atoms with Crippen LogP contribution in [-0.4, -0.2) is 27.0 Å². The minimum absolute atomic E-state index is 0.171. The van der Waals surface area contributed by atoms with E-state index in [1.165, 1.54) is 19.2 Å². The third kappa shape index (κ3) is 4.46. The van der Waals surface area contributed by atoms with E-state index in [9.17, 15) is 13.2 Å². The zero-order valence-electron chi connectivity index (χ0n) is 16.7. The number of aryl methyl sites for hydroxylation is 1. The highest BCUT2D eigenvalue weighted by molar-refractivity contribution is 5.89. The fourth-order valence-electron chi connectivity index (χ4n) is 3.14. The molecule has 158 valence electrons. The first-order valence-electron chi connectivity index (χ1n) is 9.37. The summed E-state index contributed by atoms with van der Waals surface area (Å²) in [4.78, 5) is 17.9. The average molecular weight is 425 g/mol. The van der Waals surface area contributed by atoms with Gasteiger partial charge in [-0.05, 0) is 48.9 Å². The molecule has 0 aliphatic rings. The molecule has 0 radical (unpaired) electrons. The van der Waals surface area contributed by atoms with Crippen molar-refractivity contribution < 1.29 is 17.9 Å². The van der Waals surface area contributed by atoms with Gasteiger partial charge in [0.25, 0.3) is 0 Å². The number of pyridine rings is 2. The molecule has 0 unspecified atom stereocenters. The first kappa shape index (κ1) is 20.7. The van der Waals surface area contributed by atoms with Crippen LogP contribution < -0.4 is 5.32 Å². The van der Waals surface area contributed by atoms with Gasteiger partial charge >= 0.3 is 6.18 Å². The van der Waals surface area contributed by atoms with Gasteiger partial charge in [0.2, 0.25) is 0 Å². The molecule has 1 N–H and O–H groups in total. The van der Waals surface area contributed by atoms with Crippen LogP contribution in [0.15, 0.2) is 54.9 Å². The molecule has 0 aliphatic heterocycles. The second kappa shape index (κ2) is 8.27. The van der Waals surface area contributed by atoms with Crippen LogP contribution in [0.25, 0.3) is 22.3 Å². The highest BCUT2D eigenvalue weighted by Gasteiger charge is 2.30. The summed E-state index contributed by atoms with van der Waals surface area (Å²) in [5, 5.41) is 3.04. The second-order valence-corrected chi connectivity index (χ2v) is 6.88. The second-order valence-electron chi connectivity index (χ2n) is 6.88. The molecule has 0 saturated carbocycles. The van der Waals surface area contributed by atoms with E-state index in [1.807, 2.05) is 25.1 Å². The average Bonchev–Trinajstić information content (AvgIpc) is 2.74. The van der Waals surface area contributed by atoms with Crippen LogP contribution >= 0.6 is 0 Å². The normalized spacial score (nSPS) is 11.6. The van der Waals surface area contributed by atoms with Gasteiger partial charge in [0.15, 0.2) is 11.6 Å². The standard InChI is InChI=1S/C22H18F3N5O/c1-13-4-3-9-26-19(13)14-10-17-20(27-11-14)21(30-18(29-17)12-31-2)28-16-7-5-15(6-8-16)22(23,24)25/h3-11H,12H2,1-2H3,(H,28,29,30). The zero-order chi connectivity index (χ0) is 22.0. The molecule has 9 heteroatoms. The number of alkyl halides is 3. The van der Waals surface area contributed by atoms with E-state index in [1.54, 1.807) is 12.4 Å². The van der Waals surface area contributed by atoms with E-state index >= 15 is 0 Å². The maximum absolute atomic E-state index is 12.8. The number of fused-ring (bicyclic) bond motifs is 1. The Morgan fingerprint density at radius 1 is 1.03 bits per heavy atom. The minimum Gasteiger partial charge on any atom is -0.377 e. The fraction of sp³-hybridized carbons (Fsp3) is 0.182.